The van der Waals surface area contributed by atoms with Crippen LogP contribution in [0.2, 0.25) is 0 Å². The summed E-state index contributed by atoms with van der Waals surface area (Å²) in [5.74, 6) is -0.191. The Morgan fingerprint density at radius 1 is 1.21 bits per heavy atom. The van der Waals surface area contributed by atoms with Gasteiger partial charge in [0.15, 0.2) is 0 Å². The largest absolute Gasteiger partial charge is 0.320 e. The number of nitrogens with one attached hydrogen (secondary N) is 1. The zero-order valence-corrected chi connectivity index (χ0v) is 11.4. The Morgan fingerprint density at radius 3 is 2.68 bits per heavy atom. The molecular formula is C15H17N3O. The van der Waals surface area contributed by atoms with E-state index in [1.165, 1.54) is 6.33 Å². The van der Waals surface area contributed by atoms with E-state index in [1.54, 1.807) is 0 Å². The summed E-state index contributed by atoms with van der Waals surface area (Å²) in [6.07, 6.45) is 2.29. The number of aryl methyl sites for hydroxylation is 2. The van der Waals surface area contributed by atoms with Crippen molar-refractivity contribution in [2.75, 3.05) is 5.32 Å². The number of aromatic nitrogens is 2. The predicted molar refractivity (Wildman–Crippen MR) is 75.3 cm³/mol. The molecule has 0 unspecified atom stereocenters. The highest BCUT2D eigenvalue weighted by Gasteiger charge is 2.13. The highest BCUT2D eigenvalue weighted by Crippen LogP contribution is 2.17. The van der Waals surface area contributed by atoms with Gasteiger partial charge >= 0.3 is 0 Å². The minimum Gasteiger partial charge on any atom is -0.320 e. The summed E-state index contributed by atoms with van der Waals surface area (Å²) in [5.41, 5.74) is 4.02. The first-order valence-corrected chi connectivity index (χ1v) is 6.31. The van der Waals surface area contributed by atoms with Crippen molar-refractivity contribution in [1.29, 1.82) is 0 Å². The highest BCUT2D eigenvalue weighted by atomic mass is 16.1. The number of nitrogens with zero attached hydrogens (tertiary/aromatic N) is 2. The number of para-hydroxylation sites is 1. The van der Waals surface area contributed by atoms with Crippen LogP contribution in [-0.2, 0) is 6.42 Å². The van der Waals surface area contributed by atoms with Crippen LogP contribution in [0, 0.1) is 13.8 Å². The molecule has 0 saturated heterocycles. The molecule has 0 aliphatic heterocycles. The minimum absolute atomic E-state index is 0.191. The number of benzene rings is 1. The van der Waals surface area contributed by atoms with E-state index < -0.39 is 0 Å². The van der Waals surface area contributed by atoms with Crippen LogP contribution in [0.25, 0.3) is 0 Å². The number of carbonyl (C=O) groups excluding carboxylic acids is 1. The van der Waals surface area contributed by atoms with Gasteiger partial charge in [0, 0.05) is 16.9 Å². The van der Waals surface area contributed by atoms with Gasteiger partial charge in [-0.05, 0) is 31.9 Å². The van der Waals surface area contributed by atoms with E-state index in [2.05, 4.69) is 22.2 Å². The maximum atomic E-state index is 12.3. The molecule has 0 spiro atoms. The molecule has 2 aromatic rings. The lowest BCUT2D eigenvalue weighted by atomic mass is 10.1. The molecule has 1 aromatic heterocycles. The lowest BCUT2D eigenvalue weighted by molar-refractivity contribution is 0.102. The molecule has 0 saturated carbocycles. The molecule has 0 radical (unpaired) electrons. The van der Waals surface area contributed by atoms with Gasteiger partial charge in [0.05, 0.1) is 0 Å². The standard InChI is InChI=1S/C15H17N3O/c1-4-12-7-5-6-8-13(12)18-15(19)14-10(2)11(3)16-9-17-14/h5-9H,4H2,1-3H3,(H,18,19). The van der Waals surface area contributed by atoms with Gasteiger partial charge < -0.3 is 5.32 Å². The number of carbonyl (C=O) groups is 1. The van der Waals surface area contributed by atoms with Gasteiger partial charge in [0.1, 0.15) is 12.0 Å². The van der Waals surface area contributed by atoms with Gasteiger partial charge in [-0.15, -0.1) is 0 Å². The number of anilines is 1. The average molecular weight is 255 g/mol. The Hall–Kier alpha value is -2.23. The van der Waals surface area contributed by atoms with E-state index in [0.29, 0.717) is 5.69 Å². The first-order chi connectivity index (χ1) is 9.13. The third-order valence-corrected chi connectivity index (χ3v) is 3.20. The van der Waals surface area contributed by atoms with E-state index in [0.717, 1.165) is 28.9 Å². The van der Waals surface area contributed by atoms with Crippen LogP contribution in [-0.4, -0.2) is 15.9 Å². The Kier molecular flexibility index (Phi) is 3.90. The molecule has 1 heterocycles. The van der Waals surface area contributed by atoms with Gasteiger partial charge in [-0.25, -0.2) is 9.97 Å². The quantitative estimate of drug-likeness (QED) is 0.917. The van der Waals surface area contributed by atoms with Crippen LogP contribution in [0.1, 0.15) is 34.2 Å². The molecule has 98 valence electrons. The average Bonchev–Trinajstić information content (AvgIpc) is 2.42. The summed E-state index contributed by atoms with van der Waals surface area (Å²) in [7, 11) is 0. The van der Waals surface area contributed by atoms with E-state index in [4.69, 9.17) is 0 Å². The van der Waals surface area contributed by atoms with Crippen LogP contribution in [0.4, 0.5) is 5.69 Å². The second kappa shape index (κ2) is 5.61. The molecule has 0 fully saturated rings. The van der Waals surface area contributed by atoms with Crippen LogP contribution >= 0.6 is 0 Å². The Bertz CT molecular complexity index is 608. The van der Waals surface area contributed by atoms with E-state index in [-0.39, 0.29) is 5.91 Å². The second-order valence-corrected chi connectivity index (χ2v) is 4.40. The van der Waals surface area contributed by atoms with Crippen molar-refractivity contribution in [3.8, 4) is 0 Å². The number of hydrogen-bond acceptors (Lipinski definition) is 3. The summed E-state index contributed by atoms with van der Waals surface area (Å²) in [5, 5.41) is 2.92. The van der Waals surface area contributed by atoms with Gasteiger partial charge in [-0.2, -0.15) is 0 Å². The topological polar surface area (TPSA) is 54.9 Å². The Balaban J connectivity index is 2.28. The van der Waals surface area contributed by atoms with Crippen molar-refractivity contribution in [2.45, 2.75) is 27.2 Å². The smallest absolute Gasteiger partial charge is 0.274 e. The van der Waals surface area contributed by atoms with Crippen molar-refractivity contribution in [2.24, 2.45) is 0 Å². The normalized spacial score (nSPS) is 10.3. The van der Waals surface area contributed by atoms with Gasteiger partial charge in [-0.3, -0.25) is 4.79 Å². The summed E-state index contributed by atoms with van der Waals surface area (Å²) in [6, 6.07) is 7.79. The van der Waals surface area contributed by atoms with Gasteiger partial charge in [0.2, 0.25) is 0 Å². The molecule has 1 aromatic carbocycles. The Morgan fingerprint density at radius 2 is 1.95 bits per heavy atom. The van der Waals surface area contributed by atoms with Crippen molar-refractivity contribution in [3.05, 3.63) is 53.1 Å². The minimum atomic E-state index is -0.191. The molecule has 0 atom stereocenters. The van der Waals surface area contributed by atoms with Crippen molar-refractivity contribution < 1.29 is 4.79 Å². The molecule has 19 heavy (non-hydrogen) atoms. The van der Waals surface area contributed by atoms with E-state index in [9.17, 15) is 4.79 Å². The maximum Gasteiger partial charge on any atom is 0.274 e. The third kappa shape index (κ3) is 2.78. The molecule has 1 amide bonds. The fourth-order valence-electron chi connectivity index (χ4n) is 1.90. The highest BCUT2D eigenvalue weighted by molar-refractivity contribution is 6.04. The molecule has 0 aliphatic rings. The zero-order chi connectivity index (χ0) is 13.8. The van der Waals surface area contributed by atoms with Gasteiger partial charge in [-0.1, -0.05) is 25.1 Å². The second-order valence-electron chi connectivity index (χ2n) is 4.40. The van der Waals surface area contributed by atoms with Crippen molar-refractivity contribution >= 4 is 11.6 Å². The number of hydrogen-bond donors (Lipinski definition) is 1. The number of amides is 1. The van der Waals surface area contributed by atoms with Crippen molar-refractivity contribution in [1.82, 2.24) is 9.97 Å². The molecule has 0 aliphatic carbocycles. The maximum absolute atomic E-state index is 12.3. The molecule has 1 N–H and O–H groups in total. The fraction of sp³-hybridized carbons (Fsp3) is 0.267. The van der Waals surface area contributed by atoms with E-state index >= 15 is 0 Å². The van der Waals surface area contributed by atoms with E-state index in [1.807, 2.05) is 38.1 Å². The first kappa shape index (κ1) is 13.2. The molecule has 2 rings (SSSR count). The van der Waals surface area contributed by atoms with Crippen molar-refractivity contribution in [3.63, 3.8) is 0 Å². The van der Waals surface area contributed by atoms with Crippen LogP contribution in [0.15, 0.2) is 30.6 Å². The summed E-state index contributed by atoms with van der Waals surface area (Å²) in [4.78, 5) is 20.4. The Labute approximate surface area is 112 Å². The third-order valence-electron chi connectivity index (χ3n) is 3.20. The lowest BCUT2D eigenvalue weighted by Gasteiger charge is -2.11. The number of rotatable bonds is 3. The molecule has 0 bridgehead atoms. The van der Waals surface area contributed by atoms with Crippen LogP contribution in [0.3, 0.4) is 0 Å². The zero-order valence-electron chi connectivity index (χ0n) is 11.4. The SMILES string of the molecule is CCc1ccccc1NC(=O)c1ncnc(C)c1C. The van der Waals surface area contributed by atoms with Gasteiger partial charge in [0.25, 0.3) is 5.91 Å². The molecular weight excluding hydrogens is 238 g/mol. The fourth-order valence-corrected chi connectivity index (χ4v) is 1.90. The van der Waals surface area contributed by atoms with Crippen LogP contribution < -0.4 is 5.32 Å². The summed E-state index contributed by atoms with van der Waals surface area (Å²) < 4.78 is 0. The first-order valence-electron chi connectivity index (χ1n) is 6.31. The predicted octanol–water partition coefficient (Wildman–Crippen LogP) is 2.91. The lowest BCUT2D eigenvalue weighted by Crippen LogP contribution is -2.17. The molecule has 4 nitrogen and oxygen atoms in total. The van der Waals surface area contributed by atoms with Crippen LogP contribution in [0.5, 0.6) is 0 Å². The monoisotopic (exact) mass is 255 g/mol. The molecule has 4 heteroatoms. The summed E-state index contributed by atoms with van der Waals surface area (Å²) in [6.45, 7) is 5.79. The summed E-state index contributed by atoms with van der Waals surface area (Å²) >= 11 is 0.